The zero-order chi connectivity index (χ0) is 20.9. The Hall–Kier alpha value is -2.59. The topological polar surface area (TPSA) is 0 Å². The molecule has 0 N–H and O–H groups in total. The summed E-state index contributed by atoms with van der Waals surface area (Å²) < 4.78 is 15.1. The van der Waals surface area contributed by atoms with E-state index in [1.54, 1.807) is 0 Å². The van der Waals surface area contributed by atoms with Crippen LogP contribution < -0.4 is 0 Å². The molecule has 1 saturated carbocycles. The van der Waals surface area contributed by atoms with Crippen molar-refractivity contribution in [1.82, 2.24) is 0 Å². The Morgan fingerprint density at radius 1 is 0.867 bits per heavy atom. The fourth-order valence-electron chi connectivity index (χ4n) is 4.82. The molecule has 0 aliphatic heterocycles. The maximum atomic E-state index is 15.1. The van der Waals surface area contributed by atoms with E-state index in [2.05, 4.69) is 50.0 Å². The number of aryl methyl sites for hydroxylation is 1. The number of benzene rings is 3. The molecule has 0 amide bonds. The van der Waals surface area contributed by atoms with E-state index in [9.17, 15) is 0 Å². The van der Waals surface area contributed by atoms with Gasteiger partial charge in [-0.2, -0.15) is 0 Å². The van der Waals surface area contributed by atoms with Gasteiger partial charge in [0, 0.05) is 10.9 Å². The SMILES string of the molecule is CCCC1CCC(c2ccc3c(F)c(C#Cc4ccc(CC)cc4)ccc3c2)CC1. The molecular formula is C29H31F. The Kier molecular flexibility index (Phi) is 6.53. The number of hydrogen-bond acceptors (Lipinski definition) is 0. The highest BCUT2D eigenvalue weighted by molar-refractivity contribution is 5.85. The van der Waals surface area contributed by atoms with E-state index in [1.165, 1.54) is 49.7 Å². The van der Waals surface area contributed by atoms with Gasteiger partial charge >= 0.3 is 0 Å². The van der Waals surface area contributed by atoms with Gasteiger partial charge in [0.2, 0.25) is 0 Å². The summed E-state index contributed by atoms with van der Waals surface area (Å²) >= 11 is 0. The van der Waals surface area contributed by atoms with Crippen LogP contribution in [0.4, 0.5) is 4.39 Å². The minimum absolute atomic E-state index is 0.205. The maximum absolute atomic E-state index is 15.1. The molecule has 1 aliphatic rings. The highest BCUT2D eigenvalue weighted by Crippen LogP contribution is 2.38. The summed E-state index contributed by atoms with van der Waals surface area (Å²) in [5.74, 6) is 7.46. The summed E-state index contributed by atoms with van der Waals surface area (Å²) in [5, 5.41) is 1.66. The molecule has 3 aromatic carbocycles. The predicted octanol–water partition coefficient (Wildman–Crippen LogP) is 8.02. The summed E-state index contributed by atoms with van der Waals surface area (Å²) in [4.78, 5) is 0. The molecule has 4 rings (SSSR count). The fraction of sp³-hybridized carbons (Fsp3) is 0.379. The van der Waals surface area contributed by atoms with Gasteiger partial charge in [-0.25, -0.2) is 4.39 Å². The van der Waals surface area contributed by atoms with Crippen LogP contribution in [0.25, 0.3) is 10.8 Å². The lowest BCUT2D eigenvalue weighted by atomic mass is 9.77. The number of halogens is 1. The van der Waals surface area contributed by atoms with Crippen molar-refractivity contribution in [2.75, 3.05) is 0 Å². The number of fused-ring (bicyclic) bond motifs is 1. The van der Waals surface area contributed by atoms with Crippen LogP contribution in [0.15, 0.2) is 54.6 Å². The first-order chi connectivity index (χ1) is 14.7. The lowest BCUT2D eigenvalue weighted by Gasteiger charge is -2.28. The van der Waals surface area contributed by atoms with Crippen LogP contribution in [0, 0.1) is 23.6 Å². The Morgan fingerprint density at radius 3 is 2.33 bits per heavy atom. The molecule has 0 bridgehead atoms. The summed E-state index contributed by atoms with van der Waals surface area (Å²) in [6.45, 7) is 4.42. The van der Waals surface area contributed by atoms with Crippen molar-refractivity contribution in [3.05, 3.63) is 82.7 Å². The summed E-state index contributed by atoms with van der Waals surface area (Å²) in [5.41, 5.74) is 4.04. The predicted molar refractivity (Wildman–Crippen MR) is 125 cm³/mol. The second kappa shape index (κ2) is 9.48. The van der Waals surface area contributed by atoms with Crippen molar-refractivity contribution in [3.63, 3.8) is 0 Å². The van der Waals surface area contributed by atoms with Gasteiger partial charge < -0.3 is 0 Å². The van der Waals surface area contributed by atoms with Crippen LogP contribution in [-0.2, 0) is 6.42 Å². The van der Waals surface area contributed by atoms with E-state index < -0.39 is 0 Å². The molecule has 30 heavy (non-hydrogen) atoms. The first kappa shape index (κ1) is 20.7. The van der Waals surface area contributed by atoms with E-state index in [1.807, 2.05) is 30.3 Å². The van der Waals surface area contributed by atoms with Crippen molar-refractivity contribution < 1.29 is 4.39 Å². The third-order valence-electron chi connectivity index (χ3n) is 6.70. The van der Waals surface area contributed by atoms with Crippen molar-refractivity contribution in [3.8, 4) is 11.8 Å². The maximum Gasteiger partial charge on any atom is 0.146 e. The first-order valence-electron chi connectivity index (χ1n) is 11.5. The van der Waals surface area contributed by atoms with Gasteiger partial charge in [0.05, 0.1) is 5.56 Å². The number of hydrogen-bond donors (Lipinski definition) is 0. The molecule has 1 fully saturated rings. The second-order valence-corrected chi connectivity index (χ2v) is 8.71. The largest absolute Gasteiger partial charge is 0.205 e. The van der Waals surface area contributed by atoms with Gasteiger partial charge in [-0.05, 0) is 78.7 Å². The van der Waals surface area contributed by atoms with E-state index in [4.69, 9.17) is 0 Å². The first-order valence-corrected chi connectivity index (χ1v) is 11.5. The Balaban J connectivity index is 1.54. The van der Waals surface area contributed by atoms with Crippen LogP contribution in [0.3, 0.4) is 0 Å². The molecule has 0 saturated heterocycles. The van der Waals surface area contributed by atoms with Gasteiger partial charge in [0.1, 0.15) is 5.82 Å². The Morgan fingerprint density at radius 2 is 1.63 bits per heavy atom. The molecule has 0 aromatic heterocycles. The van der Waals surface area contributed by atoms with Crippen molar-refractivity contribution in [2.24, 2.45) is 5.92 Å². The third-order valence-corrected chi connectivity index (χ3v) is 6.70. The highest BCUT2D eigenvalue weighted by atomic mass is 19.1. The summed E-state index contributed by atoms with van der Waals surface area (Å²) in [6.07, 6.45) is 8.85. The molecule has 154 valence electrons. The summed E-state index contributed by atoms with van der Waals surface area (Å²) in [7, 11) is 0. The Labute approximate surface area is 180 Å². The zero-order valence-electron chi connectivity index (χ0n) is 18.2. The normalized spacial score (nSPS) is 18.8. The molecule has 0 nitrogen and oxygen atoms in total. The van der Waals surface area contributed by atoms with E-state index in [0.29, 0.717) is 16.9 Å². The molecule has 0 radical (unpaired) electrons. The molecule has 0 unspecified atom stereocenters. The molecule has 0 heterocycles. The van der Waals surface area contributed by atoms with Crippen LogP contribution in [0.5, 0.6) is 0 Å². The summed E-state index contributed by atoms with van der Waals surface area (Å²) in [6, 6.07) is 18.3. The van der Waals surface area contributed by atoms with Crippen LogP contribution in [0.2, 0.25) is 0 Å². The molecule has 1 aliphatic carbocycles. The Bertz CT molecular complexity index is 1060. The molecule has 0 spiro atoms. The lowest BCUT2D eigenvalue weighted by Crippen LogP contribution is -2.13. The third kappa shape index (κ3) is 4.59. The molecule has 3 aromatic rings. The highest BCUT2D eigenvalue weighted by Gasteiger charge is 2.22. The molecular weight excluding hydrogens is 367 g/mol. The average molecular weight is 399 g/mol. The smallest absolute Gasteiger partial charge is 0.146 e. The van der Waals surface area contributed by atoms with Gasteiger partial charge in [-0.3, -0.25) is 0 Å². The fourth-order valence-corrected chi connectivity index (χ4v) is 4.82. The van der Waals surface area contributed by atoms with Crippen LogP contribution >= 0.6 is 0 Å². The second-order valence-electron chi connectivity index (χ2n) is 8.71. The van der Waals surface area contributed by atoms with E-state index >= 15 is 4.39 Å². The van der Waals surface area contributed by atoms with Gasteiger partial charge in [-0.15, -0.1) is 0 Å². The molecule has 0 atom stereocenters. The number of rotatable bonds is 4. The van der Waals surface area contributed by atoms with Crippen molar-refractivity contribution in [2.45, 2.75) is 64.7 Å². The minimum atomic E-state index is -0.205. The molecule has 1 heteroatoms. The zero-order valence-corrected chi connectivity index (χ0v) is 18.2. The minimum Gasteiger partial charge on any atom is -0.205 e. The van der Waals surface area contributed by atoms with Crippen LogP contribution in [0.1, 0.15) is 80.5 Å². The monoisotopic (exact) mass is 398 g/mol. The quantitative estimate of drug-likeness (QED) is 0.390. The van der Waals surface area contributed by atoms with Gasteiger partial charge in [0.25, 0.3) is 0 Å². The van der Waals surface area contributed by atoms with Crippen molar-refractivity contribution >= 4 is 10.8 Å². The van der Waals surface area contributed by atoms with Gasteiger partial charge in [0.15, 0.2) is 0 Å². The van der Waals surface area contributed by atoms with E-state index in [-0.39, 0.29) is 5.82 Å². The lowest BCUT2D eigenvalue weighted by molar-refractivity contribution is 0.308. The van der Waals surface area contributed by atoms with Crippen molar-refractivity contribution in [1.29, 1.82) is 0 Å². The van der Waals surface area contributed by atoms with Gasteiger partial charge in [-0.1, -0.05) is 74.9 Å². The van der Waals surface area contributed by atoms with E-state index in [0.717, 1.165) is 23.3 Å². The average Bonchev–Trinajstić information content (AvgIpc) is 2.79. The van der Waals surface area contributed by atoms with Crippen LogP contribution in [-0.4, -0.2) is 0 Å². The standard InChI is InChI=1S/C29H31F/c1-3-5-22-10-13-24(14-11-22)26-18-19-28-27(20-26)17-16-25(29(28)30)15-12-23-8-6-21(4-2)7-9-23/h6-9,16-20,22,24H,3-5,10-11,13-14H2,1-2H3.